The van der Waals surface area contributed by atoms with E-state index >= 15 is 0 Å². The number of anilines is 1. The van der Waals surface area contributed by atoms with E-state index in [1.54, 1.807) is 0 Å². The third-order valence-corrected chi connectivity index (χ3v) is 4.24. The summed E-state index contributed by atoms with van der Waals surface area (Å²) in [6, 6.07) is 8.56. The van der Waals surface area contributed by atoms with Crippen LogP contribution in [0.5, 0.6) is 0 Å². The molecule has 0 aliphatic carbocycles. The van der Waals surface area contributed by atoms with E-state index in [0.29, 0.717) is 0 Å². The molecule has 4 nitrogen and oxygen atoms in total. The fourth-order valence-corrected chi connectivity index (χ4v) is 3.02. The Morgan fingerprint density at radius 1 is 1.19 bits per heavy atom. The van der Waals surface area contributed by atoms with Crippen LogP contribution in [0.4, 0.5) is 5.69 Å². The second kappa shape index (κ2) is 7.46. The predicted octanol–water partition coefficient (Wildman–Crippen LogP) is 2.62. The molecule has 4 heteroatoms. The summed E-state index contributed by atoms with van der Waals surface area (Å²) in [7, 11) is 4.05. The van der Waals surface area contributed by atoms with Crippen molar-refractivity contribution in [3.05, 3.63) is 29.8 Å². The van der Waals surface area contributed by atoms with Crippen LogP contribution < -0.4 is 4.90 Å². The molecular formula is C17H26N2O2. The Bertz CT molecular complexity index is 450. The Morgan fingerprint density at radius 3 is 2.33 bits per heavy atom. The van der Waals surface area contributed by atoms with Crippen molar-refractivity contribution in [2.45, 2.75) is 38.1 Å². The van der Waals surface area contributed by atoms with Crippen molar-refractivity contribution in [2.75, 3.05) is 32.1 Å². The molecule has 0 bridgehead atoms. The Hall–Kier alpha value is -1.55. The van der Waals surface area contributed by atoms with E-state index in [-0.39, 0.29) is 12.5 Å². The fourth-order valence-electron chi connectivity index (χ4n) is 3.02. The average Bonchev–Trinajstić information content (AvgIpc) is 2.47. The number of hydrogen-bond donors (Lipinski definition) is 1. The number of nitrogens with zero attached hydrogens (tertiary/aromatic N) is 2. The van der Waals surface area contributed by atoms with Gasteiger partial charge in [-0.05, 0) is 50.0 Å². The van der Waals surface area contributed by atoms with Crippen LogP contribution in [0.15, 0.2) is 24.3 Å². The number of likely N-dealkylation sites (tertiary alicyclic amines) is 1. The van der Waals surface area contributed by atoms with Crippen LogP contribution in [0, 0.1) is 0 Å². The van der Waals surface area contributed by atoms with Gasteiger partial charge in [-0.25, -0.2) is 0 Å². The van der Waals surface area contributed by atoms with E-state index in [0.717, 1.165) is 19.5 Å². The number of rotatable bonds is 6. The number of piperidine rings is 1. The molecule has 1 aromatic rings. The van der Waals surface area contributed by atoms with Gasteiger partial charge in [0.25, 0.3) is 0 Å². The van der Waals surface area contributed by atoms with E-state index in [1.807, 2.05) is 14.1 Å². The maximum Gasteiger partial charge on any atom is 0.304 e. The number of hydrogen-bond acceptors (Lipinski definition) is 3. The number of aliphatic carboxylic acids is 1. The molecule has 1 N–H and O–H groups in total. The van der Waals surface area contributed by atoms with Crippen LogP contribution in [0.3, 0.4) is 0 Å². The SMILES string of the molecule is CN(C)c1ccc(CC(CC(=O)O)N2CCCCC2)cc1. The van der Waals surface area contributed by atoms with Crippen LogP contribution in [-0.4, -0.2) is 49.2 Å². The smallest absolute Gasteiger partial charge is 0.304 e. The number of benzene rings is 1. The molecule has 0 spiro atoms. The molecule has 0 amide bonds. The van der Waals surface area contributed by atoms with Crippen LogP contribution in [0.2, 0.25) is 0 Å². The molecule has 2 rings (SSSR count). The molecule has 116 valence electrons. The highest BCUT2D eigenvalue weighted by Crippen LogP contribution is 2.20. The second-order valence-corrected chi connectivity index (χ2v) is 6.11. The zero-order valence-electron chi connectivity index (χ0n) is 13.1. The third kappa shape index (κ3) is 4.74. The van der Waals surface area contributed by atoms with Gasteiger partial charge in [-0.3, -0.25) is 9.69 Å². The van der Waals surface area contributed by atoms with Crippen LogP contribution >= 0.6 is 0 Å². The molecule has 1 aromatic carbocycles. The summed E-state index contributed by atoms with van der Waals surface area (Å²) < 4.78 is 0. The lowest BCUT2D eigenvalue weighted by atomic mass is 9.99. The molecule has 1 aliphatic heterocycles. The van der Waals surface area contributed by atoms with Crippen LogP contribution in [0.1, 0.15) is 31.2 Å². The quantitative estimate of drug-likeness (QED) is 0.874. The van der Waals surface area contributed by atoms with Gasteiger partial charge in [0.1, 0.15) is 0 Å². The van der Waals surface area contributed by atoms with Crippen molar-refractivity contribution in [3.63, 3.8) is 0 Å². The van der Waals surface area contributed by atoms with Crippen LogP contribution in [-0.2, 0) is 11.2 Å². The molecule has 1 saturated heterocycles. The van der Waals surface area contributed by atoms with Crippen molar-refractivity contribution in [2.24, 2.45) is 0 Å². The summed E-state index contributed by atoms with van der Waals surface area (Å²) in [5, 5.41) is 9.18. The minimum atomic E-state index is -0.699. The number of carboxylic acids is 1. The molecule has 0 aromatic heterocycles. The monoisotopic (exact) mass is 290 g/mol. The maximum atomic E-state index is 11.2. The minimum absolute atomic E-state index is 0.119. The van der Waals surface area contributed by atoms with Crippen LogP contribution in [0.25, 0.3) is 0 Å². The molecule has 1 aliphatic rings. The van der Waals surface area contributed by atoms with Gasteiger partial charge in [-0.15, -0.1) is 0 Å². The number of carboxylic acid groups (broad SMARTS) is 1. The standard InChI is InChI=1S/C17H26N2O2/c1-18(2)15-8-6-14(7-9-15)12-16(13-17(20)21)19-10-4-3-5-11-19/h6-9,16H,3-5,10-13H2,1-2H3,(H,20,21). The van der Waals surface area contributed by atoms with Gasteiger partial charge >= 0.3 is 5.97 Å². The first-order valence-corrected chi connectivity index (χ1v) is 7.78. The molecule has 21 heavy (non-hydrogen) atoms. The Morgan fingerprint density at radius 2 is 1.81 bits per heavy atom. The first kappa shape index (κ1) is 15.8. The molecule has 1 heterocycles. The van der Waals surface area contributed by atoms with Gasteiger partial charge in [-0.2, -0.15) is 0 Å². The summed E-state index contributed by atoms with van der Waals surface area (Å²) in [5.41, 5.74) is 2.39. The summed E-state index contributed by atoms with van der Waals surface area (Å²) in [6.07, 6.45) is 4.70. The Kier molecular flexibility index (Phi) is 5.62. The Balaban J connectivity index is 2.04. The first-order chi connectivity index (χ1) is 10.1. The van der Waals surface area contributed by atoms with E-state index in [9.17, 15) is 9.90 Å². The highest BCUT2D eigenvalue weighted by atomic mass is 16.4. The minimum Gasteiger partial charge on any atom is -0.481 e. The molecule has 0 radical (unpaired) electrons. The molecular weight excluding hydrogens is 264 g/mol. The molecule has 1 fully saturated rings. The highest BCUT2D eigenvalue weighted by Gasteiger charge is 2.23. The lowest BCUT2D eigenvalue weighted by Crippen LogP contribution is -2.41. The lowest BCUT2D eigenvalue weighted by molar-refractivity contribution is -0.138. The van der Waals surface area contributed by atoms with Crippen molar-refractivity contribution in [1.29, 1.82) is 0 Å². The van der Waals surface area contributed by atoms with Gasteiger partial charge in [0, 0.05) is 25.8 Å². The normalized spacial score (nSPS) is 17.4. The average molecular weight is 290 g/mol. The van der Waals surface area contributed by atoms with E-state index < -0.39 is 5.97 Å². The maximum absolute atomic E-state index is 11.2. The lowest BCUT2D eigenvalue weighted by Gasteiger charge is -2.34. The van der Waals surface area contributed by atoms with Gasteiger partial charge < -0.3 is 10.0 Å². The van der Waals surface area contributed by atoms with Gasteiger partial charge in [0.05, 0.1) is 6.42 Å². The van der Waals surface area contributed by atoms with Crippen molar-refractivity contribution >= 4 is 11.7 Å². The zero-order valence-corrected chi connectivity index (χ0v) is 13.1. The highest BCUT2D eigenvalue weighted by molar-refractivity contribution is 5.67. The molecule has 0 saturated carbocycles. The summed E-state index contributed by atoms with van der Waals surface area (Å²) in [6.45, 7) is 2.07. The van der Waals surface area contributed by atoms with Crippen molar-refractivity contribution < 1.29 is 9.90 Å². The van der Waals surface area contributed by atoms with Crippen molar-refractivity contribution in [3.8, 4) is 0 Å². The second-order valence-electron chi connectivity index (χ2n) is 6.11. The van der Waals surface area contributed by atoms with Crippen molar-refractivity contribution in [1.82, 2.24) is 4.90 Å². The first-order valence-electron chi connectivity index (χ1n) is 7.78. The number of carbonyl (C=O) groups is 1. The topological polar surface area (TPSA) is 43.8 Å². The third-order valence-electron chi connectivity index (χ3n) is 4.24. The van der Waals surface area contributed by atoms with E-state index in [2.05, 4.69) is 34.1 Å². The van der Waals surface area contributed by atoms with E-state index in [1.165, 1.54) is 30.5 Å². The van der Waals surface area contributed by atoms with Gasteiger partial charge in [0.15, 0.2) is 0 Å². The van der Waals surface area contributed by atoms with Gasteiger partial charge in [0.2, 0.25) is 0 Å². The predicted molar refractivity (Wildman–Crippen MR) is 85.9 cm³/mol. The summed E-state index contributed by atoms with van der Waals surface area (Å²) in [5.74, 6) is -0.699. The summed E-state index contributed by atoms with van der Waals surface area (Å²) >= 11 is 0. The zero-order chi connectivity index (χ0) is 15.2. The van der Waals surface area contributed by atoms with Gasteiger partial charge in [-0.1, -0.05) is 18.6 Å². The molecule has 1 unspecified atom stereocenters. The Labute approximate surface area is 127 Å². The summed E-state index contributed by atoms with van der Waals surface area (Å²) in [4.78, 5) is 15.6. The largest absolute Gasteiger partial charge is 0.481 e. The fraction of sp³-hybridized carbons (Fsp3) is 0.588. The molecule has 1 atom stereocenters. The van der Waals surface area contributed by atoms with E-state index in [4.69, 9.17) is 0 Å².